The summed E-state index contributed by atoms with van der Waals surface area (Å²) >= 11 is 4.97. The molecular weight excluding hydrogens is 336 g/mol. The molecule has 1 aromatic heterocycles. The Morgan fingerprint density at radius 3 is 2.90 bits per heavy atom. The van der Waals surface area contributed by atoms with Crippen molar-refractivity contribution in [3.05, 3.63) is 45.2 Å². The van der Waals surface area contributed by atoms with Gasteiger partial charge < -0.3 is 0 Å². The molecule has 0 spiro atoms. The highest BCUT2D eigenvalue weighted by molar-refractivity contribution is 9.10. The van der Waals surface area contributed by atoms with Crippen molar-refractivity contribution in [2.24, 2.45) is 0 Å². The largest absolute Gasteiger partial charge is 0.287 e. The van der Waals surface area contributed by atoms with Gasteiger partial charge in [0.15, 0.2) is 5.16 Å². The molecule has 0 atom stereocenters. The molecule has 2 aromatic rings. The molecule has 0 saturated heterocycles. The molecule has 5 heteroatoms. The first-order chi connectivity index (χ1) is 9.52. The molecule has 3 nitrogen and oxygen atoms in total. The maximum Gasteiger partial charge on any atom is 0.262 e. The van der Waals surface area contributed by atoms with Crippen LogP contribution in [0.15, 0.2) is 44.8 Å². The van der Waals surface area contributed by atoms with E-state index in [4.69, 9.17) is 0 Å². The predicted molar refractivity (Wildman–Crippen MR) is 89.5 cm³/mol. The molecule has 0 N–H and O–H groups in total. The first kappa shape index (κ1) is 15.3. The van der Waals surface area contributed by atoms with Gasteiger partial charge >= 0.3 is 0 Å². The first-order valence-corrected chi connectivity index (χ1v) is 8.28. The smallest absolute Gasteiger partial charge is 0.262 e. The third kappa shape index (κ3) is 3.33. The lowest BCUT2D eigenvalue weighted by Gasteiger charge is -2.12. The van der Waals surface area contributed by atoms with Crippen LogP contribution in [0.2, 0.25) is 0 Å². The number of thioether (sulfide) groups is 1. The zero-order chi connectivity index (χ0) is 14.7. The third-order valence-electron chi connectivity index (χ3n) is 2.78. The number of benzene rings is 1. The molecule has 20 heavy (non-hydrogen) atoms. The summed E-state index contributed by atoms with van der Waals surface area (Å²) in [4.78, 5) is 17.2. The number of hydrogen-bond acceptors (Lipinski definition) is 3. The van der Waals surface area contributed by atoms with Crippen molar-refractivity contribution in [3.63, 3.8) is 0 Å². The van der Waals surface area contributed by atoms with Gasteiger partial charge in [-0.1, -0.05) is 46.8 Å². The minimum atomic E-state index is 0.0300. The van der Waals surface area contributed by atoms with Crippen LogP contribution in [0, 0.1) is 0 Å². The number of nitrogens with zero attached hydrogens (tertiary/aromatic N) is 2. The minimum Gasteiger partial charge on any atom is -0.287 e. The molecule has 0 saturated carbocycles. The van der Waals surface area contributed by atoms with Crippen molar-refractivity contribution in [2.75, 3.05) is 5.75 Å². The zero-order valence-electron chi connectivity index (χ0n) is 11.6. The van der Waals surface area contributed by atoms with E-state index in [1.54, 1.807) is 16.3 Å². The molecule has 0 unspecified atom stereocenters. The Morgan fingerprint density at radius 1 is 1.50 bits per heavy atom. The van der Waals surface area contributed by atoms with E-state index in [0.29, 0.717) is 11.9 Å². The molecule has 106 valence electrons. The van der Waals surface area contributed by atoms with E-state index in [9.17, 15) is 4.79 Å². The van der Waals surface area contributed by atoms with Gasteiger partial charge in [-0.25, -0.2) is 4.98 Å². The summed E-state index contributed by atoms with van der Waals surface area (Å²) in [5.41, 5.74) is 1.85. The maximum absolute atomic E-state index is 12.6. The number of hydrogen-bond donors (Lipinski definition) is 0. The van der Waals surface area contributed by atoms with Crippen molar-refractivity contribution in [1.82, 2.24) is 9.55 Å². The SMILES string of the molecule is C=C(C)CSc1nc2ccc(Br)cc2c(=O)n1CCC. The standard InChI is InChI=1S/C15H17BrN2OS/c1-4-7-18-14(19)12-8-11(16)5-6-13(12)17-15(18)20-9-10(2)3/h5-6,8H,2,4,7,9H2,1,3H3. The molecule has 0 fully saturated rings. The van der Waals surface area contributed by atoms with Gasteiger partial charge in [0.25, 0.3) is 5.56 Å². The molecule has 0 amide bonds. The lowest BCUT2D eigenvalue weighted by Crippen LogP contribution is -2.23. The van der Waals surface area contributed by atoms with Gasteiger partial charge in [0, 0.05) is 16.8 Å². The Balaban J connectivity index is 2.60. The molecule has 2 rings (SSSR count). The van der Waals surface area contributed by atoms with Crippen LogP contribution in [0.1, 0.15) is 20.3 Å². The highest BCUT2D eigenvalue weighted by Gasteiger charge is 2.11. The lowest BCUT2D eigenvalue weighted by atomic mass is 10.2. The van der Waals surface area contributed by atoms with Gasteiger partial charge in [0.1, 0.15) is 0 Å². The minimum absolute atomic E-state index is 0.0300. The van der Waals surface area contributed by atoms with Crippen molar-refractivity contribution < 1.29 is 0 Å². The van der Waals surface area contributed by atoms with E-state index < -0.39 is 0 Å². The van der Waals surface area contributed by atoms with Crippen molar-refractivity contribution in [2.45, 2.75) is 32.0 Å². The van der Waals surface area contributed by atoms with Crippen molar-refractivity contribution in [1.29, 1.82) is 0 Å². The summed E-state index contributed by atoms with van der Waals surface area (Å²) in [6.45, 7) is 8.63. The van der Waals surface area contributed by atoms with E-state index in [1.165, 1.54) is 0 Å². The quantitative estimate of drug-likeness (QED) is 0.458. The van der Waals surface area contributed by atoms with Gasteiger partial charge in [-0.05, 0) is 31.5 Å². The number of aromatic nitrogens is 2. The van der Waals surface area contributed by atoms with Crippen LogP contribution in [0.3, 0.4) is 0 Å². The topological polar surface area (TPSA) is 34.9 Å². The summed E-state index contributed by atoms with van der Waals surface area (Å²) in [5.74, 6) is 0.776. The van der Waals surface area contributed by atoms with E-state index in [1.807, 2.05) is 25.1 Å². The molecule has 0 aliphatic carbocycles. The Kier molecular flexibility index (Phi) is 5.05. The van der Waals surface area contributed by atoms with Crippen LogP contribution in [0.4, 0.5) is 0 Å². The molecule has 1 heterocycles. The molecule has 0 aliphatic rings. The second-order valence-corrected chi connectivity index (χ2v) is 6.62. The molecule has 0 aliphatic heterocycles. The van der Waals surface area contributed by atoms with Gasteiger partial charge in [-0.15, -0.1) is 0 Å². The highest BCUT2D eigenvalue weighted by Crippen LogP contribution is 2.21. The maximum atomic E-state index is 12.6. The van der Waals surface area contributed by atoms with Crippen LogP contribution >= 0.6 is 27.7 Å². The monoisotopic (exact) mass is 352 g/mol. The number of halogens is 1. The Labute approximate surface area is 131 Å². The Morgan fingerprint density at radius 2 is 2.25 bits per heavy atom. The summed E-state index contributed by atoms with van der Waals surface area (Å²) in [7, 11) is 0. The summed E-state index contributed by atoms with van der Waals surface area (Å²) < 4.78 is 2.66. The fraction of sp³-hybridized carbons (Fsp3) is 0.333. The van der Waals surface area contributed by atoms with Gasteiger partial charge in [-0.3, -0.25) is 9.36 Å². The van der Waals surface area contributed by atoms with Crippen LogP contribution in [-0.4, -0.2) is 15.3 Å². The molecule has 1 aromatic carbocycles. The normalized spacial score (nSPS) is 10.9. The first-order valence-electron chi connectivity index (χ1n) is 6.50. The van der Waals surface area contributed by atoms with E-state index in [2.05, 4.69) is 34.4 Å². The summed E-state index contributed by atoms with van der Waals surface area (Å²) in [6, 6.07) is 5.62. The summed E-state index contributed by atoms with van der Waals surface area (Å²) in [5, 5.41) is 1.43. The van der Waals surface area contributed by atoms with Crippen LogP contribution < -0.4 is 5.56 Å². The lowest BCUT2D eigenvalue weighted by molar-refractivity contribution is 0.585. The van der Waals surface area contributed by atoms with Gasteiger partial charge in [-0.2, -0.15) is 0 Å². The molecule has 0 bridgehead atoms. The summed E-state index contributed by atoms with van der Waals surface area (Å²) in [6.07, 6.45) is 0.904. The number of fused-ring (bicyclic) bond motifs is 1. The van der Waals surface area contributed by atoms with Crippen molar-refractivity contribution >= 4 is 38.6 Å². The third-order valence-corrected chi connectivity index (χ3v) is 4.48. The highest BCUT2D eigenvalue weighted by atomic mass is 79.9. The van der Waals surface area contributed by atoms with Crippen LogP contribution in [0.5, 0.6) is 0 Å². The van der Waals surface area contributed by atoms with E-state index in [0.717, 1.165) is 32.9 Å². The van der Waals surface area contributed by atoms with Gasteiger partial charge in [0.05, 0.1) is 10.9 Å². The fourth-order valence-electron chi connectivity index (χ4n) is 1.89. The van der Waals surface area contributed by atoms with E-state index in [-0.39, 0.29) is 5.56 Å². The van der Waals surface area contributed by atoms with Crippen LogP contribution in [-0.2, 0) is 6.54 Å². The zero-order valence-corrected chi connectivity index (χ0v) is 14.1. The average Bonchev–Trinajstić information content (AvgIpc) is 2.41. The van der Waals surface area contributed by atoms with Gasteiger partial charge in [0.2, 0.25) is 0 Å². The predicted octanol–water partition coefficient (Wildman–Crippen LogP) is 4.24. The van der Waals surface area contributed by atoms with Crippen molar-refractivity contribution in [3.8, 4) is 0 Å². The average molecular weight is 353 g/mol. The van der Waals surface area contributed by atoms with E-state index >= 15 is 0 Å². The molecule has 0 radical (unpaired) electrons. The second-order valence-electron chi connectivity index (χ2n) is 4.76. The molecular formula is C15H17BrN2OS. The number of rotatable bonds is 5. The Hall–Kier alpha value is -1.07. The fourth-order valence-corrected chi connectivity index (χ4v) is 3.12. The Bertz CT molecular complexity index is 709. The second kappa shape index (κ2) is 6.59. The van der Waals surface area contributed by atoms with Crippen LogP contribution in [0.25, 0.3) is 10.9 Å².